The zero-order valence-electron chi connectivity index (χ0n) is 17.6. The van der Waals surface area contributed by atoms with Gasteiger partial charge >= 0.3 is 12.0 Å². The predicted molar refractivity (Wildman–Crippen MR) is 117 cm³/mol. The van der Waals surface area contributed by atoms with Gasteiger partial charge in [0, 0.05) is 17.1 Å². The summed E-state index contributed by atoms with van der Waals surface area (Å²) in [6, 6.07) is 6.24. The Morgan fingerprint density at radius 3 is 2.45 bits per heavy atom. The van der Waals surface area contributed by atoms with E-state index in [-0.39, 0.29) is 33.2 Å². The van der Waals surface area contributed by atoms with Crippen molar-refractivity contribution in [2.75, 3.05) is 5.32 Å². The maximum Gasteiger partial charge on any atom is 0.434 e. The van der Waals surface area contributed by atoms with Crippen LogP contribution in [0.25, 0.3) is 5.82 Å². The van der Waals surface area contributed by atoms with Gasteiger partial charge in [0.25, 0.3) is 11.8 Å². The summed E-state index contributed by atoms with van der Waals surface area (Å²) in [7, 11) is 0. The van der Waals surface area contributed by atoms with Gasteiger partial charge in [-0.2, -0.15) is 13.2 Å². The van der Waals surface area contributed by atoms with Crippen LogP contribution in [0.3, 0.4) is 0 Å². The summed E-state index contributed by atoms with van der Waals surface area (Å²) < 4.78 is 41.0. The fourth-order valence-corrected chi connectivity index (χ4v) is 3.52. The number of benzene rings is 1. The van der Waals surface area contributed by atoms with Crippen LogP contribution in [-0.4, -0.2) is 27.9 Å². The highest BCUT2D eigenvalue weighted by Crippen LogP contribution is 2.29. The molecule has 3 N–H and O–H groups in total. The van der Waals surface area contributed by atoms with E-state index in [1.165, 1.54) is 30.5 Å². The zero-order chi connectivity index (χ0) is 24.5. The molecule has 7 nitrogen and oxygen atoms in total. The summed E-state index contributed by atoms with van der Waals surface area (Å²) >= 11 is 12.2. The van der Waals surface area contributed by atoms with Crippen molar-refractivity contribution >= 4 is 40.7 Å². The Hall–Kier alpha value is -3.11. The highest BCUT2D eigenvalue weighted by Gasteiger charge is 2.38. The molecule has 0 aliphatic rings. The lowest BCUT2D eigenvalue weighted by molar-refractivity contribution is -0.661. The minimum Gasteiger partial charge on any atom is -0.350 e. The minimum atomic E-state index is -4.76. The van der Waals surface area contributed by atoms with Crippen molar-refractivity contribution in [2.24, 2.45) is 0 Å². The molecule has 2 heterocycles. The summed E-state index contributed by atoms with van der Waals surface area (Å²) in [4.78, 5) is 29.8. The number of aromatic nitrogens is 3. The van der Waals surface area contributed by atoms with Crippen molar-refractivity contribution in [3.05, 3.63) is 69.1 Å². The first-order valence-electron chi connectivity index (χ1n) is 9.64. The summed E-state index contributed by atoms with van der Waals surface area (Å²) in [6.45, 7) is 5.12. The first-order valence-corrected chi connectivity index (χ1v) is 10.4. The maximum atomic E-state index is 13.4. The predicted octanol–water partition coefficient (Wildman–Crippen LogP) is 4.71. The third-order valence-electron chi connectivity index (χ3n) is 4.45. The second-order valence-corrected chi connectivity index (χ2v) is 8.27. The number of carbonyl (C=O) groups is 2. The van der Waals surface area contributed by atoms with Gasteiger partial charge in [0.05, 0.1) is 11.3 Å². The van der Waals surface area contributed by atoms with E-state index in [2.05, 4.69) is 20.7 Å². The van der Waals surface area contributed by atoms with Crippen molar-refractivity contribution in [1.29, 1.82) is 0 Å². The number of anilines is 1. The quantitative estimate of drug-likeness (QED) is 0.443. The molecule has 2 amide bonds. The number of alkyl halides is 3. The number of amides is 2. The summed E-state index contributed by atoms with van der Waals surface area (Å²) in [5, 5.41) is 7.63. The van der Waals surface area contributed by atoms with Crippen LogP contribution in [-0.2, 0) is 6.18 Å². The lowest BCUT2D eigenvalue weighted by Gasteiger charge is -2.15. The lowest BCUT2D eigenvalue weighted by atomic mass is 10.1. The molecule has 0 saturated heterocycles. The number of aryl methyl sites for hydroxylation is 1. The van der Waals surface area contributed by atoms with Gasteiger partial charge in [0.2, 0.25) is 5.69 Å². The third-order valence-corrected chi connectivity index (χ3v) is 4.96. The molecule has 1 aromatic carbocycles. The molecule has 0 aliphatic carbocycles. The van der Waals surface area contributed by atoms with Crippen molar-refractivity contribution in [3.8, 4) is 5.82 Å². The smallest absolute Gasteiger partial charge is 0.350 e. The zero-order valence-corrected chi connectivity index (χ0v) is 19.2. The molecule has 33 heavy (non-hydrogen) atoms. The van der Waals surface area contributed by atoms with Gasteiger partial charge < -0.3 is 10.6 Å². The molecule has 3 aromatic rings. The molecular formula is C21H19Cl2F3N5O2+. The molecule has 2 aromatic heterocycles. The molecule has 174 valence electrons. The number of aromatic amines is 1. The Kier molecular flexibility index (Phi) is 6.99. The molecule has 0 aliphatic heterocycles. The largest absolute Gasteiger partial charge is 0.434 e. The van der Waals surface area contributed by atoms with Crippen LogP contribution in [0.5, 0.6) is 0 Å². The van der Waals surface area contributed by atoms with Crippen molar-refractivity contribution < 1.29 is 27.4 Å². The Bertz CT molecular complexity index is 1230. The van der Waals surface area contributed by atoms with Gasteiger partial charge in [-0.1, -0.05) is 23.2 Å². The van der Waals surface area contributed by atoms with E-state index in [4.69, 9.17) is 23.2 Å². The second-order valence-electron chi connectivity index (χ2n) is 7.42. The number of rotatable bonds is 5. The molecule has 0 spiro atoms. The summed E-state index contributed by atoms with van der Waals surface area (Å²) in [6.07, 6.45) is -3.44. The maximum absolute atomic E-state index is 13.4. The van der Waals surface area contributed by atoms with Crippen LogP contribution in [0, 0.1) is 6.92 Å². The summed E-state index contributed by atoms with van der Waals surface area (Å²) in [5.41, 5.74) is -0.988. The molecule has 0 fully saturated rings. The minimum absolute atomic E-state index is 0.0202. The average molecular weight is 501 g/mol. The van der Waals surface area contributed by atoms with E-state index in [1.807, 2.05) is 0 Å². The SMILES string of the molecule is Cc1cc(Cl)cc(C(=O)NC(C)C)c1NC(=O)c1cc(C(F)(F)F)[nH][n+]1-c1ncccc1Cl. The van der Waals surface area contributed by atoms with Crippen molar-refractivity contribution in [2.45, 2.75) is 33.0 Å². The number of H-pyrrole nitrogens is 1. The van der Waals surface area contributed by atoms with E-state index in [0.717, 1.165) is 4.68 Å². The van der Waals surface area contributed by atoms with Gasteiger partial charge in [0.1, 0.15) is 11.2 Å². The standard InChI is InChI=1S/C21H18Cl2F3N5O2/c1-10(2)28-19(32)13-8-12(22)7-11(3)17(13)29-20(33)15-9-16(21(24,25)26)30-31(15)18-14(23)5-4-6-27-18/h4-10H,1-3H3,(H2,28,29,32,33)/p+1. The Labute approximate surface area is 196 Å². The number of halogens is 5. The number of hydrogen-bond acceptors (Lipinski definition) is 3. The highest BCUT2D eigenvalue weighted by molar-refractivity contribution is 6.32. The average Bonchev–Trinajstić information content (AvgIpc) is 3.15. The monoisotopic (exact) mass is 500 g/mol. The normalized spacial score (nSPS) is 11.5. The second kappa shape index (κ2) is 9.40. The van der Waals surface area contributed by atoms with Crippen LogP contribution in [0.4, 0.5) is 18.9 Å². The van der Waals surface area contributed by atoms with Crippen molar-refractivity contribution in [3.63, 3.8) is 0 Å². The van der Waals surface area contributed by atoms with Gasteiger partial charge in [-0.3, -0.25) is 9.59 Å². The number of carbonyl (C=O) groups excluding carboxylic acids is 2. The summed E-state index contributed by atoms with van der Waals surface area (Å²) in [5.74, 6) is -1.53. The first-order chi connectivity index (χ1) is 15.4. The number of pyridine rings is 1. The number of nitrogens with zero attached hydrogens (tertiary/aromatic N) is 2. The van der Waals surface area contributed by atoms with Gasteiger partial charge in [-0.05, 0) is 55.6 Å². The Morgan fingerprint density at radius 2 is 1.85 bits per heavy atom. The van der Waals surface area contributed by atoms with Gasteiger partial charge in [-0.25, -0.2) is 5.10 Å². The van der Waals surface area contributed by atoms with E-state index in [1.54, 1.807) is 20.8 Å². The fourth-order valence-electron chi connectivity index (χ4n) is 3.04. The Balaban J connectivity index is 2.10. The van der Waals surface area contributed by atoms with Gasteiger partial charge in [-0.15, -0.1) is 4.68 Å². The molecule has 12 heteroatoms. The third kappa shape index (κ3) is 5.45. The molecule has 0 atom stereocenters. The molecule has 0 radical (unpaired) electrons. The van der Waals surface area contributed by atoms with E-state index in [0.29, 0.717) is 11.6 Å². The molecule has 0 saturated carbocycles. The fraction of sp³-hybridized carbons (Fsp3) is 0.238. The van der Waals surface area contributed by atoms with E-state index < -0.39 is 29.4 Å². The highest BCUT2D eigenvalue weighted by atomic mass is 35.5. The molecule has 0 bridgehead atoms. The molecule has 3 rings (SSSR count). The topological polar surface area (TPSA) is 90.8 Å². The first kappa shape index (κ1) is 24.5. The van der Waals surface area contributed by atoms with Crippen LogP contribution in [0.2, 0.25) is 10.0 Å². The van der Waals surface area contributed by atoms with Crippen LogP contribution < -0.4 is 15.3 Å². The van der Waals surface area contributed by atoms with E-state index >= 15 is 0 Å². The molecular weight excluding hydrogens is 482 g/mol. The van der Waals surface area contributed by atoms with Crippen molar-refractivity contribution in [1.82, 2.24) is 15.4 Å². The van der Waals surface area contributed by atoms with E-state index in [9.17, 15) is 22.8 Å². The van der Waals surface area contributed by atoms with Crippen LogP contribution >= 0.6 is 23.2 Å². The Morgan fingerprint density at radius 1 is 1.15 bits per heavy atom. The van der Waals surface area contributed by atoms with Crippen LogP contribution in [0.1, 0.15) is 46.0 Å². The lowest BCUT2D eigenvalue weighted by Crippen LogP contribution is -2.42. The number of nitrogens with one attached hydrogen (secondary N) is 3. The van der Waals surface area contributed by atoms with Gasteiger partial charge in [0.15, 0.2) is 5.69 Å². The van der Waals surface area contributed by atoms with Crippen LogP contribution in [0.15, 0.2) is 36.5 Å². The number of hydrogen-bond donors (Lipinski definition) is 3. The molecule has 0 unspecified atom stereocenters.